The van der Waals surface area contributed by atoms with Crippen molar-refractivity contribution in [2.45, 2.75) is 12.3 Å². The Bertz CT molecular complexity index is 722. The molecular weight excluding hydrogens is 321 g/mol. The zero-order valence-corrected chi connectivity index (χ0v) is 13.8. The first-order valence-electron chi connectivity index (χ1n) is 7.10. The number of fused-ring (bicyclic) bond motifs is 1. The van der Waals surface area contributed by atoms with Gasteiger partial charge in [-0.2, -0.15) is 0 Å². The molecule has 3 heterocycles. The molecule has 0 radical (unpaired) electrons. The van der Waals surface area contributed by atoms with Crippen molar-refractivity contribution in [3.05, 3.63) is 12.7 Å². The first-order chi connectivity index (χ1) is 11.0. The van der Waals surface area contributed by atoms with Gasteiger partial charge in [-0.15, -0.1) is 0 Å². The molecule has 0 bridgehead atoms. The van der Waals surface area contributed by atoms with Gasteiger partial charge in [0, 0.05) is 14.1 Å². The van der Waals surface area contributed by atoms with Crippen LogP contribution in [-0.4, -0.2) is 73.9 Å². The Kier molecular flexibility index (Phi) is 4.51. The molecule has 0 saturated carbocycles. The van der Waals surface area contributed by atoms with Crippen LogP contribution >= 0.6 is 8.10 Å². The summed E-state index contributed by atoms with van der Waals surface area (Å²) in [6, 6.07) is 0. The number of anilines is 1. The highest BCUT2D eigenvalue weighted by atomic mass is 31.1. The molecule has 1 aliphatic rings. The lowest BCUT2D eigenvalue weighted by molar-refractivity contribution is -0.116. The predicted octanol–water partition coefficient (Wildman–Crippen LogP) is -0.181. The topological polar surface area (TPSA) is 123 Å². The van der Waals surface area contributed by atoms with E-state index in [0.717, 1.165) is 0 Å². The van der Waals surface area contributed by atoms with E-state index in [2.05, 4.69) is 15.0 Å². The highest BCUT2D eigenvalue weighted by Crippen LogP contribution is 2.35. The van der Waals surface area contributed by atoms with Crippen LogP contribution in [0, 0.1) is 0 Å². The molecule has 124 valence electrons. The Hall–Kier alpha value is -1.71. The summed E-state index contributed by atoms with van der Waals surface area (Å²) in [7, 11) is 1.79. The summed E-state index contributed by atoms with van der Waals surface area (Å²) in [5.74, 6) is 0.291. The number of morpholine rings is 1. The minimum atomic E-state index is -1.71. The van der Waals surface area contributed by atoms with E-state index in [1.165, 1.54) is 6.33 Å². The lowest BCUT2D eigenvalue weighted by Gasteiger charge is -2.32. The summed E-state index contributed by atoms with van der Waals surface area (Å²) in [4.78, 5) is 12.3. The SMILES string of the molecule is CN(C)[P+](=O)N1CC(CO)O[C@@H](n2cnc3c(N)ncnc32)C1. The van der Waals surface area contributed by atoms with E-state index in [1.54, 1.807) is 34.3 Å². The number of nitrogens with two attached hydrogens (primary N) is 1. The van der Waals surface area contributed by atoms with E-state index in [-0.39, 0.29) is 6.61 Å². The molecule has 3 atom stereocenters. The van der Waals surface area contributed by atoms with Crippen LogP contribution in [-0.2, 0) is 9.30 Å². The molecule has 2 aromatic rings. The molecule has 2 unspecified atom stereocenters. The smallest absolute Gasteiger partial charge is 0.394 e. The number of aliphatic hydroxyl groups is 1. The normalized spacial score (nSPS) is 23.6. The highest BCUT2D eigenvalue weighted by Gasteiger charge is 2.41. The van der Waals surface area contributed by atoms with Crippen molar-refractivity contribution in [3.8, 4) is 0 Å². The fourth-order valence-corrected chi connectivity index (χ4v) is 3.63. The molecule has 0 amide bonds. The molecule has 11 heteroatoms. The molecule has 0 spiro atoms. The summed E-state index contributed by atoms with van der Waals surface area (Å²) in [5.41, 5.74) is 6.83. The third-order valence-corrected chi connectivity index (χ3v) is 5.11. The lowest BCUT2D eigenvalue weighted by atomic mass is 10.3. The molecule has 3 rings (SSSR count). The zero-order chi connectivity index (χ0) is 16.6. The standard InChI is InChI=1S/C12H19N7O3P/c1-17(2)23(21)18-3-8(5-20)22-9(4-18)19-7-16-10-11(13)14-6-15-12(10)19/h6-9,20H,3-5H2,1-2H3,(H2,13,14,15)/q+1/t8?,9-/m1/s1. The van der Waals surface area contributed by atoms with Gasteiger partial charge in [0.1, 0.15) is 11.8 Å². The van der Waals surface area contributed by atoms with E-state index in [9.17, 15) is 9.67 Å². The summed E-state index contributed by atoms with van der Waals surface area (Å²) in [6.45, 7) is 0.622. The van der Waals surface area contributed by atoms with Crippen LogP contribution in [0.5, 0.6) is 0 Å². The van der Waals surface area contributed by atoms with Crippen LogP contribution in [0.25, 0.3) is 11.2 Å². The fraction of sp³-hybridized carbons (Fsp3) is 0.583. The average Bonchev–Trinajstić information content (AvgIpc) is 2.99. The Balaban J connectivity index is 1.93. The van der Waals surface area contributed by atoms with Gasteiger partial charge in [-0.25, -0.2) is 15.0 Å². The molecule has 3 N–H and O–H groups in total. The lowest BCUT2D eigenvalue weighted by Crippen LogP contribution is -2.44. The Morgan fingerprint density at radius 1 is 1.43 bits per heavy atom. The minimum absolute atomic E-state index is 0.159. The van der Waals surface area contributed by atoms with Crippen molar-refractivity contribution < 1.29 is 14.4 Å². The average molecular weight is 340 g/mol. The number of hydrogen-bond donors (Lipinski definition) is 2. The Morgan fingerprint density at radius 2 is 2.22 bits per heavy atom. The van der Waals surface area contributed by atoms with Crippen LogP contribution in [0.3, 0.4) is 0 Å². The van der Waals surface area contributed by atoms with Gasteiger partial charge in [0.15, 0.2) is 17.7 Å². The third-order valence-electron chi connectivity index (χ3n) is 3.62. The third kappa shape index (κ3) is 3.04. The fourth-order valence-electron chi connectivity index (χ4n) is 2.53. The molecule has 1 aliphatic heterocycles. The van der Waals surface area contributed by atoms with Crippen molar-refractivity contribution >= 4 is 25.1 Å². The second-order valence-electron chi connectivity index (χ2n) is 5.45. The van der Waals surface area contributed by atoms with Crippen LogP contribution in [0.1, 0.15) is 6.23 Å². The van der Waals surface area contributed by atoms with E-state index in [0.29, 0.717) is 30.1 Å². The predicted molar refractivity (Wildman–Crippen MR) is 83.6 cm³/mol. The zero-order valence-electron chi connectivity index (χ0n) is 12.9. The van der Waals surface area contributed by atoms with Crippen molar-refractivity contribution in [1.29, 1.82) is 0 Å². The number of imidazole rings is 1. The second kappa shape index (κ2) is 6.42. The number of ether oxygens (including phenoxy) is 1. The van der Waals surface area contributed by atoms with Crippen LogP contribution in [0.2, 0.25) is 0 Å². The van der Waals surface area contributed by atoms with Gasteiger partial charge in [0.05, 0.1) is 32.1 Å². The number of rotatable bonds is 4. The van der Waals surface area contributed by atoms with E-state index < -0.39 is 20.4 Å². The largest absolute Gasteiger partial charge is 0.537 e. The molecular formula is C12H19N7O3P+. The van der Waals surface area contributed by atoms with Crippen molar-refractivity contribution in [3.63, 3.8) is 0 Å². The maximum Gasteiger partial charge on any atom is 0.537 e. The molecule has 0 aromatic carbocycles. The number of aliphatic hydroxyl groups excluding tert-OH is 1. The van der Waals surface area contributed by atoms with Crippen LogP contribution in [0.4, 0.5) is 5.82 Å². The number of nitrogen functional groups attached to an aromatic ring is 1. The van der Waals surface area contributed by atoms with Gasteiger partial charge in [0.2, 0.25) is 0 Å². The van der Waals surface area contributed by atoms with E-state index in [1.807, 2.05) is 0 Å². The van der Waals surface area contributed by atoms with E-state index >= 15 is 0 Å². The van der Waals surface area contributed by atoms with Crippen molar-refractivity contribution in [2.75, 3.05) is 39.5 Å². The van der Waals surface area contributed by atoms with Crippen molar-refractivity contribution in [2.24, 2.45) is 0 Å². The maximum atomic E-state index is 12.4. The number of aromatic nitrogens is 4. The summed E-state index contributed by atoms with van der Waals surface area (Å²) >= 11 is 0. The first kappa shape index (κ1) is 16.2. The highest BCUT2D eigenvalue weighted by molar-refractivity contribution is 7.39. The van der Waals surface area contributed by atoms with Crippen LogP contribution < -0.4 is 5.73 Å². The van der Waals surface area contributed by atoms with Gasteiger partial charge >= 0.3 is 8.10 Å². The Labute approximate surface area is 133 Å². The molecule has 1 fully saturated rings. The molecule has 10 nitrogen and oxygen atoms in total. The van der Waals surface area contributed by atoms with Gasteiger partial charge in [-0.05, 0) is 4.57 Å². The molecule has 2 aromatic heterocycles. The van der Waals surface area contributed by atoms with Gasteiger partial charge in [-0.1, -0.05) is 9.34 Å². The summed E-state index contributed by atoms with van der Waals surface area (Å²) in [6.07, 6.45) is 2.02. The Morgan fingerprint density at radius 3 is 2.91 bits per heavy atom. The monoisotopic (exact) mass is 340 g/mol. The second-order valence-corrected chi connectivity index (χ2v) is 7.32. The molecule has 0 aliphatic carbocycles. The summed E-state index contributed by atoms with van der Waals surface area (Å²) < 4.78 is 23.4. The minimum Gasteiger partial charge on any atom is -0.394 e. The van der Waals surface area contributed by atoms with Gasteiger partial charge < -0.3 is 15.6 Å². The molecule has 23 heavy (non-hydrogen) atoms. The number of hydrogen-bond acceptors (Lipinski definition) is 7. The van der Waals surface area contributed by atoms with Gasteiger partial charge in [-0.3, -0.25) is 4.57 Å². The maximum absolute atomic E-state index is 12.4. The van der Waals surface area contributed by atoms with Crippen molar-refractivity contribution in [1.82, 2.24) is 28.9 Å². The van der Waals surface area contributed by atoms with E-state index in [4.69, 9.17) is 10.5 Å². The first-order valence-corrected chi connectivity index (χ1v) is 8.26. The van der Waals surface area contributed by atoms with Gasteiger partial charge in [0.25, 0.3) is 0 Å². The van der Waals surface area contributed by atoms with Crippen LogP contribution in [0.15, 0.2) is 12.7 Å². The molecule has 1 saturated heterocycles. The number of nitrogens with zero attached hydrogens (tertiary/aromatic N) is 6. The quantitative estimate of drug-likeness (QED) is 0.730. The summed E-state index contributed by atoms with van der Waals surface area (Å²) in [5, 5.41) is 9.47.